The minimum atomic E-state index is 0.576. The summed E-state index contributed by atoms with van der Waals surface area (Å²) in [7, 11) is 0. The molecule has 0 radical (unpaired) electrons. The Balaban J connectivity index is 1.82. The molecule has 2 aromatic heterocycles. The second-order valence-corrected chi connectivity index (χ2v) is 4.42. The summed E-state index contributed by atoms with van der Waals surface area (Å²) in [6.07, 6.45) is 1.48. The largest absolute Gasteiger partial charge is 0.366 e. The summed E-state index contributed by atoms with van der Waals surface area (Å²) in [5.74, 6) is 1.42. The number of aromatic nitrogens is 4. The molecule has 0 atom stereocenters. The predicted octanol–water partition coefficient (Wildman–Crippen LogP) is 1.92. The van der Waals surface area contributed by atoms with E-state index in [0.717, 1.165) is 17.1 Å². The number of nitriles is 1. The van der Waals surface area contributed by atoms with E-state index in [1.54, 1.807) is 16.6 Å². The zero-order chi connectivity index (χ0) is 13.9. The van der Waals surface area contributed by atoms with Gasteiger partial charge in [0.2, 0.25) is 0 Å². The van der Waals surface area contributed by atoms with Gasteiger partial charge in [-0.05, 0) is 24.6 Å². The molecule has 2 heterocycles. The molecular weight excluding hydrogens is 252 g/mol. The Morgan fingerprint density at radius 2 is 2.10 bits per heavy atom. The third-order valence-corrected chi connectivity index (χ3v) is 2.94. The maximum Gasteiger partial charge on any atom is 0.254 e. The number of rotatable bonds is 3. The van der Waals surface area contributed by atoms with Crippen molar-refractivity contribution in [1.29, 1.82) is 5.26 Å². The topological polar surface area (TPSA) is 78.9 Å². The van der Waals surface area contributed by atoms with E-state index in [1.807, 2.05) is 25.1 Å². The van der Waals surface area contributed by atoms with E-state index >= 15 is 0 Å². The Labute approximate surface area is 115 Å². The summed E-state index contributed by atoms with van der Waals surface area (Å²) in [6.45, 7) is 2.56. The van der Waals surface area contributed by atoms with Crippen molar-refractivity contribution in [3.63, 3.8) is 0 Å². The van der Waals surface area contributed by atoms with Crippen molar-refractivity contribution in [2.75, 3.05) is 5.32 Å². The standard InChI is InChI=1S/C14H12N6/c1-10-6-13(20-14(19-10)17-9-18-20)16-8-12-4-2-11(7-15)3-5-12/h2-6,9,16H,8H2,1H3. The first-order valence-electron chi connectivity index (χ1n) is 6.16. The second kappa shape index (κ2) is 4.97. The Morgan fingerprint density at radius 1 is 1.30 bits per heavy atom. The molecule has 3 aromatic rings. The summed E-state index contributed by atoms with van der Waals surface area (Å²) in [5.41, 5.74) is 2.63. The van der Waals surface area contributed by atoms with Crippen LogP contribution in [-0.2, 0) is 6.54 Å². The number of aryl methyl sites for hydroxylation is 1. The van der Waals surface area contributed by atoms with Gasteiger partial charge in [-0.3, -0.25) is 0 Å². The summed E-state index contributed by atoms with van der Waals surface area (Å²) >= 11 is 0. The van der Waals surface area contributed by atoms with Crippen LogP contribution in [0.1, 0.15) is 16.8 Å². The van der Waals surface area contributed by atoms with Crippen LogP contribution in [0.3, 0.4) is 0 Å². The van der Waals surface area contributed by atoms with Crippen LogP contribution in [0.15, 0.2) is 36.7 Å². The van der Waals surface area contributed by atoms with Gasteiger partial charge in [0.05, 0.1) is 11.6 Å². The van der Waals surface area contributed by atoms with Crippen molar-refractivity contribution in [3.05, 3.63) is 53.5 Å². The lowest BCUT2D eigenvalue weighted by atomic mass is 10.1. The molecular formula is C14H12N6. The summed E-state index contributed by atoms with van der Waals surface area (Å²) < 4.78 is 1.66. The van der Waals surface area contributed by atoms with Gasteiger partial charge in [0.25, 0.3) is 5.78 Å². The number of anilines is 1. The van der Waals surface area contributed by atoms with E-state index in [9.17, 15) is 0 Å². The van der Waals surface area contributed by atoms with Gasteiger partial charge in [-0.2, -0.15) is 19.9 Å². The molecule has 0 amide bonds. The number of nitrogens with zero attached hydrogens (tertiary/aromatic N) is 5. The highest BCUT2D eigenvalue weighted by Gasteiger charge is 2.05. The molecule has 0 fully saturated rings. The monoisotopic (exact) mass is 264 g/mol. The van der Waals surface area contributed by atoms with Crippen LogP contribution >= 0.6 is 0 Å². The number of benzene rings is 1. The van der Waals surface area contributed by atoms with Crippen LogP contribution in [0.2, 0.25) is 0 Å². The third-order valence-electron chi connectivity index (χ3n) is 2.94. The first kappa shape index (κ1) is 12.1. The molecule has 0 saturated carbocycles. The molecule has 0 bridgehead atoms. The molecule has 0 saturated heterocycles. The lowest BCUT2D eigenvalue weighted by Gasteiger charge is -2.08. The zero-order valence-corrected chi connectivity index (χ0v) is 10.9. The van der Waals surface area contributed by atoms with E-state index in [-0.39, 0.29) is 0 Å². The maximum atomic E-state index is 8.77. The van der Waals surface area contributed by atoms with E-state index in [4.69, 9.17) is 5.26 Å². The summed E-state index contributed by atoms with van der Waals surface area (Å²) in [4.78, 5) is 8.37. The molecule has 1 N–H and O–H groups in total. The molecule has 1 aromatic carbocycles. The maximum absolute atomic E-state index is 8.77. The molecule has 0 spiro atoms. The van der Waals surface area contributed by atoms with Gasteiger partial charge in [-0.1, -0.05) is 12.1 Å². The van der Waals surface area contributed by atoms with Crippen molar-refractivity contribution in [2.45, 2.75) is 13.5 Å². The lowest BCUT2D eigenvalue weighted by molar-refractivity contribution is 0.916. The number of hydrogen-bond donors (Lipinski definition) is 1. The van der Waals surface area contributed by atoms with Gasteiger partial charge in [-0.15, -0.1) is 0 Å². The minimum absolute atomic E-state index is 0.576. The molecule has 20 heavy (non-hydrogen) atoms. The van der Waals surface area contributed by atoms with Gasteiger partial charge >= 0.3 is 0 Å². The highest BCUT2D eigenvalue weighted by Crippen LogP contribution is 2.12. The van der Waals surface area contributed by atoms with Crippen LogP contribution in [0.4, 0.5) is 5.82 Å². The normalized spacial score (nSPS) is 10.4. The fraction of sp³-hybridized carbons (Fsp3) is 0.143. The number of hydrogen-bond acceptors (Lipinski definition) is 5. The van der Waals surface area contributed by atoms with E-state index in [1.165, 1.54) is 6.33 Å². The van der Waals surface area contributed by atoms with Crippen molar-refractivity contribution in [3.8, 4) is 6.07 Å². The van der Waals surface area contributed by atoms with Gasteiger partial charge in [0.1, 0.15) is 12.1 Å². The highest BCUT2D eigenvalue weighted by atomic mass is 15.3. The number of fused-ring (bicyclic) bond motifs is 1. The highest BCUT2D eigenvalue weighted by molar-refractivity contribution is 5.45. The molecule has 0 aliphatic carbocycles. The molecule has 98 valence electrons. The van der Waals surface area contributed by atoms with Crippen molar-refractivity contribution in [2.24, 2.45) is 0 Å². The van der Waals surface area contributed by atoms with E-state index < -0.39 is 0 Å². The smallest absolute Gasteiger partial charge is 0.254 e. The molecule has 3 rings (SSSR count). The predicted molar refractivity (Wildman–Crippen MR) is 74.0 cm³/mol. The molecule has 0 aliphatic rings. The van der Waals surface area contributed by atoms with Crippen LogP contribution in [0, 0.1) is 18.3 Å². The van der Waals surface area contributed by atoms with Crippen molar-refractivity contribution in [1.82, 2.24) is 19.6 Å². The summed E-state index contributed by atoms with van der Waals surface area (Å²) in [5, 5.41) is 16.2. The second-order valence-electron chi connectivity index (χ2n) is 4.42. The fourth-order valence-corrected chi connectivity index (χ4v) is 1.95. The first-order valence-corrected chi connectivity index (χ1v) is 6.16. The molecule has 6 nitrogen and oxygen atoms in total. The Bertz CT molecular complexity index is 782. The van der Waals surface area contributed by atoms with Gasteiger partial charge in [0, 0.05) is 18.3 Å². The SMILES string of the molecule is Cc1cc(NCc2ccc(C#N)cc2)n2ncnc2n1. The van der Waals surface area contributed by atoms with E-state index in [0.29, 0.717) is 17.9 Å². The Morgan fingerprint density at radius 3 is 2.85 bits per heavy atom. The zero-order valence-electron chi connectivity index (χ0n) is 10.9. The molecule has 0 aliphatic heterocycles. The fourth-order valence-electron chi connectivity index (χ4n) is 1.95. The van der Waals surface area contributed by atoms with Crippen molar-refractivity contribution >= 4 is 11.6 Å². The minimum Gasteiger partial charge on any atom is -0.366 e. The van der Waals surface area contributed by atoms with Crippen LogP contribution < -0.4 is 5.32 Å². The number of nitrogens with one attached hydrogen (secondary N) is 1. The lowest BCUT2D eigenvalue weighted by Crippen LogP contribution is -2.06. The average Bonchev–Trinajstić information content (AvgIpc) is 2.93. The van der Waals surface area contributed by atoms with Gasteiger partial charge < -0.3 is 5.32 Å². The average molecular weight is 264 g/mol. The first-order chi connectivity index (χ1) is 9.76. The Hall–Kier alpha value is -2.94. The van der Waals surface area contributed by atoms with Crippen LogP contribution in [-0.4, -0.2) is 19.6 Å². The van der Waals surface area contributed by atoms with Gasteiger partial charge in [0.15, 0.2) is 0 Å². The third kappa shape index (κ3) is 2.29. The molecule has 6 heteroatoms. The van der Waals surface area contributed by atoms with Crippen molar-refractivity contribution < 1.29 is 0 Å². The quantitative estimate of drug-likeness (QED) is 0.781. The van der Waals surface area contributed by atoms with E-state index in [2.05, 4.69) is 26.5 Å². The van der Waals surface area contributed by atoms with Crippen LogP contribution in [0.5, 0.6) is 0 Å². The summed E-state index contributed by atoms with van der Waals surface area (Å²) in [6, 6.07) is 11.5. The Kier molecular flexibility index (Phi) is 3.01. The van der Waals surface area contributed by atoms with Crippen LogP contribution in [0.25, 0.3) is 5.78 Å². The van der Waals surface area contributed by atoms with Gasteiger partial charge in [-0.25, -0.2) is 4.98 Å². The molecule has 0 unspecified atom stereocenters.